The molecule has 0 aliphatic carbocycles. The Bertz CT molecular complexity index is 338. The Morgan fingerprint density at radius 1 is 0.857 bits per heavy atom. The van der Waals surface area contributed by atoms with Crippen LogP contribution in [-0.2, 0) is 4.74 Å². The van der Waals surface area contributed by atoms with Crippen molar-refractivity contribution in [1.82, 2.24) is 0 Å². The molecule has 0 spiro atoms. The van der Waals surface area contributed by atoms with Crippen molar-refractivity contribution in [1.29, 1.82) is 0 Å². The van der Waals surface area contributed by atoms with Crippen molar-refractivity contribution in [2.45, 2.75) is 73.3 Å². The van der Waals surface area contributed by atoms with Crippen molar-refractivity contribution in [2.24, 2.45) is 17.8 Å². The van der Waals surface area contributed by atoms with Gasteiger partial charge in [-0.25, -0.2) is 0 Å². The molecule has 1 heteroatoms. The highest BCUT2D eigenvalue weighted by atomic mass is 16.5. The normalized spacial score (nSPS) is 16.0. The van der Waals surface area contributed by atoms with Crippen molar-refractivity contribution in [3.8, 4) is 0 Å². The molecule has 3 unspecified atom stereocenters. The lowest BCUT2D eigenvalue weighted by molar-refractivity contribution is 0.123. The van der Waals surface area contributed by atoms with E-state index in [0.717, 1.165) is 35.5 Å². The van der Waals surface area contributed by atoms with Crippen LogP contribution in [0.4, 0.5) is 0 Å². The van der Waals surface area contributed by atoms with Crippen LogP contribution in [0.1, 0.15) is 67.2 Å². The van der Waals surface area contributed by atoms with E-state index in [1.807, 2.05) is 19.1 Å². The van der Waals surface area contributed by atoms with Gasteiger partial charge >= 0.3 is 0 Å². The second kappa shape index (κ2) is 10.7. The minimum atomic E-state index is 0.229. The highest BCUT2D eigenvalue weighted by molar-refractivity contribution is 5.19. The van der Waals surface area contributed by atoms with Crippen LogP contribution in [0.5, 0.6) is 0 Å². The van der Waals surface area contributed by atoms with Crippen LogP contribution in [0, 0.1) is 17.8 Å². The standard InChI is InChI=1S/C20H36O/c1-15(2)9-11-17(5)18(6)12-14-20(8)21-19(7)13-10-16(3)4/h10,13,15,17-18,20H,3,7,9,11-12,14H2,1-2,4-6,8H3/b13-10-. The van der Waals surface area contributed by atoms with E-state index in [-0.39, 0.29) is 6.10 Å². The van der Waals surface area contributed by atoms with E-state index in [1.165, 1.54) is 19.3 Å². The van der Waals surface area contributed by atoms with E-state index in [1.54, 1.807) is 0 Å². The lowest BCUT2D eigenvalue weighted by atomic mass is 9.86. The number of hydrogen-bond acceptors (Lipinski definition) is 1. The lowest BCUT2D eigenvalue weighted by Gasteiger charge is -2.23. The maximum absolute atomic E-state index is 5.81. The summed E-state index contributed by atoms with van der Waals surface area (Å²) in [5, 5.41) is 0. The molecule has 1 nitrogen and oxygen atoms in total. The second-order valence-electron chi connectivity index (χ2n) is 7.08. The largest absolute Gasteiger partial charge is 0.491 e. The zero-order valence-corrected chi connectivity index (χ0v) is 15.1. The molecule has 0 aliphatic heterocycles. The molecule has 122 valence electrons. The molecule has 0 aromatic heterocycles. The number of ether oxygens (including phenoxy) is 1. The predicted molar refractivity (Wildman–Crippen MR) is 95.3 cm³/mol. The molecule has 0 radical (unpaired) electrons. The van der Waals surface area contributed by atoms with Gasteiger partial charge in [-0.2, -0.15) is 0 Å². The van der Waals surface area contributed by atoms with Gasteiger partial charge in [0.2, 0.25) is 0 Å². The molecule has 0 N–H and O–H groups in total. The van der Waals surface area contributed by atoms with Gasteiger partial charge in [0, 0.05) is 0 Å². The number of rotatable bonds is 11. The van der Waals surface area contributed by atoms with Crippen molar-refractivity contribution < 1.29 is 4.74 Å². The van der Waals surface area contributed by atoms with Crippen LogP contribution in [0.25, 0.3) is 0 Å². The molecular formula is C20H36O. The van der Waals surface area contributed by atoms with Crippen LogP contribution in [0.3, 0.4) is 0 Å². The highest BCUT2D eigenvalue weighted by Crippen LogP contribution is 2.24. The third-order valence-corrected chi connectivity index (χ3v) is 4.11. The van der Waals surface area contributed by atoms with Crippen LogP contribution < -0.4 is 0 Å². The number of allylic oxidation sites excluding steroid dienone is 3. The lowest BCUT2D eigenvalue weighted by Crippen LogP contribution is -2.14. The SMILES string of the molecule is C=C(C)/C=C\C(=C)OC(C)CCC(C)C(C)CCC(C)C. The van der Waals surface area contributed by atoms with Gasteiger partial charge in [0.05, 0.1) is 6.10 Å². The van der Waals surface area contributed by atoms with Crippen molar-refractivity contribution in [3.05, 3.63) is 36.6 Å². The Morgan fingerprint density at radius 3 is 1.86 bits per heavy atom. The fourth-order valence-electron chi connectivity index (χ4n) is 2.25. The highest BCUT2D eigenvalue weighted by Gasteiger charge is 2.14. The predicted octanol–water partition coefficient (Wildman–Crippen LogP) is 6.53. The van der Waals surface area contributed by atoms with E-state index in [0.29, 0.717) is 0 Å². The van der Waals surface area contributed by atoms with Crippen LogP contribution in [0.15, 0.2) is 36.6 Å². The molecule has 0 heterocycles. The maximum Gasteiger partial charge on any atom is 0.112 e. The molecule has 0 aromatic rings. The van der Waals surface area contributed by atoms with E-state index in [4.69, 9.17) is 4.74 Å². The summed E-state index contributed by atoms with van der Waals surface area (Å²) in [6, 6.07) is 0. The van der Waals surface area contributed by atoms with Crippen LogP contribution >= 0.6 is 0 Å². The summed E-state index contributed by atoms with van der Waals surface area (Å²) < 4.78 is 5.81. The Balaban J connectivity index is 3.98. The minimum Gasteiger partial charge on any atom is -0.491 e. The molecule has 0 aliphatic rings. The Kier molecular flexibility index (Phi) is 10.2. The van der Waals surface area contributed by atoms with E-state index >= 15 is 0 Å². The Labute approximate surface area is 133 Å². The molecule has 21 heavy (non-hydrogen) atoms. The molecule has 0 saturated heterocycles. The first-order chi connectivity index (χ1) is 9.72. The summed E-state index contributed by atoms with van der Waals surface area (Å²) in [6.07, 6.45) is 9.04. The summed E-state index contributed by atoms with van der Waals surface area (Å²) in [7, 11) is 0. The van der Waals surface area contributed by atoms with Gasteiger partial charge in [-0.15, -0.1) is 0 Å². The van der Waals surface area contributed by atoms with E-state index in [2.05, 4.69) is 47.8 Å². The summed E-state index contributed by atoms with van der Waals surface area (Å²) in [5.74, 6) is 3.09. The molecule has 3 atom stereocenters. The summed E-state index contributed by atoms with van der Waals surface area (Å²) in [5.41, 5.74) is 1.01. The van der Waals surface area contributed by atoms with Gasteiger partial charge in [0.1, 0.15) is 5.76 Å². The zero-order chi connectivity index (χ0) is 16.4. The average Bonchev–Trinajstić information content (AvgIpc) is 2.39. The molecular weight excluding hydrogens is 256 g/mol. The molecule has 0 amide bonds. The average molecular weight is 293 g/mol. The van der Waals surface area contributed by atoms with Gasteiger partial charge in [0.15, 0.2) is 0 Å². The minimum absolute atomic E-state index is 0.229. The molecule has 0 rings (SSSR count). The van der Waals surface area contributed by atoms with Crippen LogP contribution in [-0.4, -0.2) is 6.10 Å². The first-order valence-corrected chi connectivity index (χ1v) is 8.41. The third-order valence-electron chi connectivity index (χ3n) is 4.11. The molecule has 0 bridgehead atoms. The monoisotopic (exact) mass is 292 g/mol. The van der Waals surface area contributed by atoms with Crippen molar-refractivity contribution in [3.63, 3.8) is 0 Å². The summed E-state index contributed by atoms with van der Waals surface area (Å²) in [6.45, 7) is 21.2. The van der Waals surface area contributed by atoms with E-state index < -0.39 is 0 Å². The second-order valence-corrected chi connectivity index (χ2v) is 7.08. The molecule has 0 fully saturated rings. The molecule has 0 aromatic carbocycles. The Morgan fingerprint density at radius 2 is 1.38 bits per heavy atom. The maximum atomic E-state index is 5.81. The van der Waals surface area contributed by atoms with Crippen molar-refractivity contribution in [2.75, 3.05) is 0 Å². The summed E-state index contributed by atoms with van der Waals surface area (Å²) in [4.78, 5) is 0. The van der Waals surface area contributed by atoms with Gasteiger partial charge < -0.3 is 4.74 Å². The third kappa shape index (κ3) is 11.4. The summed E-state index contributed by atoms with van der Waals surface area (Å²) >= 11 is 0. The van der Waals surface area contributed by atoms with Gasteiger partial charge in [0.25, 0.3) is 0 Å². The fourth-order valence-corrected chi connectivity index (χ4v) is 2.25. The quantitative estimate of drug-likeness (QED) is 0.311. The zero-order valence-electron chi connectivity index (χ0n) is 15.1. The van der Waals surface area contributed by atoms with Gasteiger partial charge in [-0.3, -0.25) is 0 Å². The van der Waals surface area contributed by atoms with Crippen LogP contribution in [0.2, 0.25) is 0 Å². The van der Waals surface area contributed by atoms with E-state index in [9.17, 15) is 0 Å². The number of hydrogen-bond donors (Lipinski definition) is 0. The topological polar surface area (TPSA) is 9.23 Å². The smallest absolute Gasteiger partial charge is 0.112 e. The molecule has 0 saturated carbocycles. The van der Waals surface area contributed by atoms with Crippen molar-refractivity contribution >= 4 is 0 Å². The van der Waals surface area contributed by atoms with Gasteiger partial charge in [-0.1, -0.05) is 65.3 Å². The first kappa shape index (κ1) is 20.0. The Hall–Kier alpha value is -0.980. The fraction of sp³-hybridized carbons (Fsp3) is 0.700. The van der Waals surface area contributed by atoms with Gasteiger partial charge in [-0.05, 0) is 50.5 Å². The first-order valence-electron chi connectivity index (χ1n) is 8.41.